The molecule has 0 spiro atoms. The molecule has 8 nitrogen and oxygen atoms in total. The summed E-state index contributed by atoms with van der Waals surface area (Å²) in [7, 11) is 0. The van der Waals surface area contributed by atoms with Gasteiger partial charge < -0.3 is 8.83 Å². The number of amides is 1. The van der Waals surface area contributed by atoms with Crippen molar-refractivity contribution in [3.63, 3.8) is 0 Å². The molecule has 1 aromatic carbocycles. The number of hydrogen-bond acceptors (Lipinski definition) is 7. The lowest BCUT2D eigenvalue weighted by Gasteiger charge is -2.01. The summed E-state index contributed by atoms with van der Waals surface area (Å²) < 4.78 is 11.7. The molecular weight excluding hydrogens is 332 g/mol. The molecule has 4 aromatic rings. The summed E-state index contributed by atoms with van der Waals surface area (Å²) in [6.45, 7) is -0.216. The van der Waals surface area contributed by atoms with E-state index in [1.54, 1.807) is 24.3 Å². The van der Waals surface area contributed by atoms with Crippen LogP contribution in [-0.4, -0.2) is 20.7 Å². The van der Waals surface area contributed by atoms with Crippen molar-refractivity contribution in [3.05, 3.63) is 52.3 Å². The number of para-hydroxylation sites is 2. The first-order valence-corrected chi connectivity index (χ1v) is 7.84. The monoisotopic (exact) mass is 342 g/mol. The Morgan fingerprint density at radius 2 is 2.04 bits per heavy atom. The number of carbonyl (C=O) groups is 1. The SMILES string of the molecule is O=C(Cn1c(=O)oc2ccccc21)Nc1nnc(-c2cccs2)o1. The van der Waals surface area contributed by atoms with E-state index in [0.29, 0.717) is 17.0 Å². The number of carbonyl (C=O) groups excluding carboxylic acids is 1. The second-order valence-corrected chi connectivity index (χ2v) is 5.81. The zero-order valence-electron chi connectivity index (χ0n) is 12.1. The highest BCUT2D eigenvalue weighted by Crippen LogP contribution is 2.24. The van der Waals surface area contributed by atoms with Crippen LogP contribution in [0.2, 0.25) is 0 Å². The summed E-state index contributed by atoms with van der Waals surface area (Å²) >= 11 is 1.45. The Kier molecular flexibility index (Phi) is 3.47. The summed E-state index contributed by atoms with van der Waals surface area (Å²) in [6, 6.07) is 10.5. The van der Waals surface area contributed by atoms with Crippen LogP contribution in [0.4, 0.5) is 6.01 Å². The van der Waals surface area contributed by atoms with E-state index in [1.165, 1.54) is 15.9 Å². The molecule has 0 fully saturated rings. The van der Waals surface area contributed by atoms with Gasteiger partial charge >= 0.3 is 11.8 Å². The van der Waals surface area contributed by atoms with Crippen molar-refractivity contribution >= 4 is 34.4 Å². The lowest BCUT2D eigenvalue weighted by atomic mass is 10.3. The maximum Gasteiger partial charge on any atom is 0.420 e. The van der Waals surface area contributed by atoms with E-state index >= 15 is 0 Å². The molecular formula is C15H10N4O4S. The zero-order chi connectivity index (χ0) is 16.5. The minimum absolute atomic E-state index is 0.0238. The molecule has 0 saturated carbocycles. The standard InChI is InChI=1S/C15H10N4O4S/c20-12(8-19-9-4-1-2-5-10(9)22-15(19)21)16-14-18-17-13(23-14)11-6-3-7-24-11/h1-7H,8H2,(H,16,18,20). The molecule has 0 saturated heterocycles. The molecule has 0 aliphatic carbocycles. The molecule has 0 aliphatic heterocycles. The molecule has 3 heterocycles. The third-order valence-corrected chi connectivity index (χ3v) is 4.14. The average Bonchev–Trinajstić information content (AvgIpc) is 3.28. The molecule has 3 aromatic heterocycles. The van der Waals surface area contributed by atoms with E-state index in [-0.39, 0.29) is 12.6 Å². The zero-order valence-corrected chi connectivity index (χ0v) is 12.9. The van der Waals surface area contributed by atoms with E-state index in [1.807, 2.05) is 17.5 Å². The fourth-order valence-electron chi connectivity index (χ4n) is 2.24. The first-order valence-electron chi connectivity index (χ1n) is 6.96. The van der Waals surface area contributed by atoms with Gasteiger partial charge in [0, 0.05) is 0 Å². The van der Waals surface area contributed by atoms with Crippen LogP contribution in [0.3, 0.4) is 0 Å². The number of benzene rings is 1. The number of oxazole rings is 1. The van der Waals surface area contributed by atoms with Gasteiger partial charge in [-0.2, -0.15) is 0 Å². The van der Waals surface area contributed by atoms with Crippen molar-refractivity contribution in [2.24, 2.45) is 0 Å². The smallest absolute Gasteiger partial charge is 0.408 e. The Hall–Kier alpha value is -3.20. The summed E-state index contributed by atoms with van der Waals surface area (Å²) in [5.41, 5.74) is 0.968. The van der Waals surface area contributed by atoms with Crippen LogP contribution < -0.4 is 11.1 Å². The number of fused-ring (bicyclic) bond motifs is 1. The third-order valence-electron chi connectivity index (χ3n) is 3.28. The Morgan fingerprint density at radius 1 is 1.17 bits per heavy atom. The topological polar surface area (TPSA) is 103 Å². The van der Waals surface area contributed by atoms with E-state index in [0.717, 1.165) is 4.88 Å². The number of thiophene rings is 1. The molecule has 1 N–H and O–H groups in total. The molecule has 24 heavy (non-hydrogen) atoms. The van der Waals surface area contributed by atoms with Crippen molar-refractivity contribution in [1.82, 2.24) is 14.8 Å². The van der Waals surface area contributed by atoms with Crippen LogP contribution in [0.15, 0.2) is 55.4 Å². The number of anilines is 1. The summed E-state index contributed by atoms with van der Waals surface area (Å²) in [5, 5.41) is 12.0. The second kappa shape index (κ2) is 5.78. The predicted molar refractivity (Wildman–Crippen MR) is 86.7 cm³/mol. The fraction of sp³-hybridized carbons (Fsp3) is 0.0667. The average molecular weight is 342 g/mol. The third kappa shape index (κ3) is 2.61. The number of hydrogen-bond donors (Lipinski definition) is 1. The van der Waals surface area contributed by atoms with E-state index in [4.69, 9.17) is 8.83 Å². The van der Waals surface area contributed by atoms with Crippen molar-refractivity contribution in [1.29, 1.82) is 0 Å². The van der Waals surface area contributed by atoms with Crippen molar-refractivity contribution in [2.75, 3.05) is 5.32 Å². The first kappa shape index (κ1) is 14.4. The highest BCUT2D eigenvalue weighted by atomic mass is 32.1. The molecule has 0 aliphatic rings. The van der Waals surface area contributed by atoms with Gasteiger partial charge in [0.2, 0.25) is 5.91 Å². The summed E-state index contributed by atoms with van der Waals surface area (Å²) in [4.78, 5) is 24.8. The van der Waals surface area contributed by atoms with Gasteiger partial charge in [0.1, 0.15) is 6.54 Å². The van der Waals surface area contributed by atoms with Crippen LogP contribution in [0.1, 0.15) is 0 Å². The highest BCUT2D eigenvalue weighted by Gasteiger charge is 2.15. The molecule has 0 atom stereocenters. The van der Waals surface area contributed by atoms with Crippen molar-refractivity contribution in [3.8, 4) is 10.8 Å². The van der Waals surface area contributed by atoms with Crippen LogP contribution >= 0.6 is 11.3 Å². The maximum absolute atomic E-state index is 12.1. The maximum atomic E-state index is 12.1. The molecule has 0 radical (unpaired) electrons. The highest BCUT2D eigenvalue weighted by molar-refractivity contribution is 7.13. The van der Waals surface area contributed by atoms with Gasteiger partial charge in [-0.1, -0.05) is 23.3 Å². The quantitative estimate of drug-likeness (QED) is 0.610. The lowest BCUT2D eigenvalue weighted by Crippen LogP contribution is -2.24. The minimum atomic E-state index is -0.601. The normalized spacial score (nSPS) is 11.0. The predicted octanol–water partition coefficient (Wildman–Crippen LogP) is 2.34. The molecule has 120 valence electrons. The van der Waals surface area contributed by atoms with Crippen LogP contribution in [0.25, 0.3) is 21.9 Å². The van der Waals surface area contributed by atoms with E-state index in [9.17, 15) is 9.59 Å². The van der Waals surface area contributed by atoms with Gasteiger partial charge in [0.25, 0.3) is 5.89 Å². The number of aromatic nitrogens is 3. The minimum Gasteiger partial charge on any atom is -0.408 e. The van der Waals surface area contributed by atoms with Crippen molar-refractivity contribution < 1.29 is 13.6 Å². The Bertz CT molecular complexity index is 1060. The largest absolute Gasteiger partial charge is 0.420 e. The number of nitrogens with one attached hydrogen (secondary N) is 1. The van der Waals surface area contributed by atoms with Gasteiger partial charge in [0.05, 0.1) is 10.4 Å². The van der Waals surface area contributed by atoms with Crippen LogP contribution in [0, 0.1) is 0 Å². The van der Waals surface area contributed by atoms with E-state index in [2.05, 4.69) is 15.5 Å². The molecule has 4 rings (SSSR count). The molecule has 1 amide bonds. The summed E-state index contributed by atoms with van der Waals surface area (Å²) in [6.07, 6.45) is 0. The molecule has 0 unspecified atom stereocenters. The van der Waals surface area contributed by atoms with E-state index < -0.39 is 11.7 Å². The molecule has 9 heteroatoms. The van der Waals surface area contributed by atoms with Gasteiger partial charge in [-0.15, -0.1) is 16.4 Å². The number of nitrogens with zero attached hydrogens (tertiary/aromatic N) is 3. The fourth-order valence-corrected chi connectivity index (χ4v) is 2.88. The lowest BCUT2D eigenvalue weighted by molar-refractivity contribution is -0.116. The van der Waals surface area contributed by atoms with Gasteiger partial charge in [-0.05, 0) is 23.6 Å². The Morgan fingerprint density at radius 3 is 2.88 bits per heavy atom. The van der Waals surface area contributed by atoms with Gasteiger partial charge in [-0.25, -0.2) is 4.79 Å². The van der Waals surface area contributed by atoms with Crippen LogP contribution in [-0.2, 0) is 11.3 Å². The van der Waals surface area contributed by atoms with Crippen molar-refractivity contribution in [2.45, 2.75) is 6.54 Å². The Labute approximate surface area is 138 Å². The Balaban J connectivity index is 1.52. The van der Waals surface area contributed by atoms with Crippen LogP contribution in [0.5, 0.6) is 0 Å². The number of rotatable bonds is 4. The first-order chi connectivity index (χ1) is 11.7. The van der Waals surface area contributed by atoms with Gasteiger partial charge in [-0.3, -0.25) is 14.7 Å². The van der Waals surface area contributed by atoms with Gasteiger partial charge in [0.15, 0.2) is 5.58 Å². The summed E-state index contributed by atoms with van der Waals surface area (Å²) in [5.74, 6) is -0.743. The second-order valence-electron chi connectivity index (χ2n) is 4.86. The molecule has 0 bridgehead atoms.